The van der Waals surface area contributed by atoms with E-state index in [0.717, 1.165) is 74.9 Å². The van der Waals surface area contributed by atoms with Crippen LogP contribution in [0.3, 0.4) is 0 Å². The number of methoxy groups -OCH3 is 1. The number of anilines is 1. The van der Waals surface area contributed by atoms with Gasteiger partial charge in [-0.25, -0.2) is 4.98 Å². The number of piperidine rings is 1. The van der Waals surface area contributed by atoms with Crippen molar-refractivity contribution in [1.82, 2.24) is 14.8 Å². The Morgan fingerprint density at radius 3 is 2.59 bits per heavy atom. The molecule has 7 nitrogen and oxygen atoms in total. The molecule has 0 spiro atoms. The normalized spacial score (nSPS) is 22.5. The molecule has 3 aliphatic heterocycles. The molecule has 1 aromatic carbocycles. The number of fused-ring (bicyclic) bond motifs is 1. The van der Waals surface area contributed by atoms with Crippen LogP contribution in [0.2, 0.25) is 0 Å². The zero-order valence-electron chi connectivity index (χ0n) is 20.9. The summed E-state index contributed by atoms with van der Waals surface area (Å²) in [5.41, 5.74) is 2.35. The lowest BCUT2D eigenvalue weighted by Crippen LogP contribution is -2.41. The second-order valence-corrected chi connectivity index (χ2v) is 9.95. The highest BCUT2D eigenvalue weighted by Crippen LogP contribution is 2.39. The molecule has 3 aliphatic rings. The van der Waals surface area contributed by atoms with Gasteiger partial charge >= 0.3 is 0 Å². The van der Waals surface area contributed by atoms with E-state index in [-0.39, 0.29) is 0 Å². The standard InChI is InChI=1S/C27H40N4O3/c1-28-27-17-22(20-6-12-31(13-7-20)21-8-15-33-19-21)23-16-25(32-2)26(18-24(23)29-27)34-14-5-11-30-9-3-4-10-30/h16-18,20-21H,3-15,19H2,1-2H3,(H,28,29)/t21-/m0/s1. The van der Waals surface area contributed by atoms with Crippen LogP contribution in [0.25, 0.3) is 10.9 Å². The first-order valence-corrected chi connectivity index (χ1v) is 13.1. The first-order chi connectivity index (χ1) is 16.7. The predicted octanol–water partition coefficient (Wildman–Crippen LogP) is 4.12. The van der Waals surface area contributed by atoms with E-state index in [1.807, 2.05) is 7.05 Å². The Hall–Kier alpha value is -2.09. The topological polar surface area (TPSA) is 59.1 Å². The fourth-order valence-corrected chi connectivity index (χ4v) is 5.86. The molecule has 1 atom stereocenters. The summed E-state index contributed by atoms with van der Waals surface area (Å²) in [4.78, 5) is 10.0. The maximum Gasteiger partial charge on any atom is 0.163 e. The van der Waals surface area contributed by atoms with Crippen LogP contribution in [0.15, 0.2) is 18.2 Å². The monoisotopic (exact) mass is 468 g/mol. The van der Waals surface area contributed by atoms with Crippen molar-refractivity contribution in [3.8, 4) is 11.5 Å². The van der Waals surface area contributed by atoms with E-state index in [4.69, 9.17) is 19.2 Å². The number of nitrogens with one attached hydrogen (secondary N) is 1. The minimum Gasteiger partial charge on any atom is -0.493 e. The van der Waals surface area contributed by atoms with Gasteiger partial charge in [-0.2, -0.15) is 0 Å². The number of hydrogen-bond acceptors (Lipinski definition) is 7. The molecule has 0 radical (unpaired) electrons. The van der Waals surface area contributed by atoms with Gasteiger partial charge in [-0.05, 0) is 88.3 Å². The summed E-state index contributed by atoms with van der Waals surface area (Å²) in [5.74, 6) is 3.03. The number of ether oxygens (including phenoxy) is 3. The van der Waals surface area contributed by atoms with Crippen molar-refractivity contribution in [2.24, 2.45) is 0 Å². The second-order valence-electron chi connectivity index (χ2n) is 9.95. The zero-order valence-corrected chi connectivity index (χ0v) is 20.9. The van der Waals surface area contributed by atoms with Crippen molar-refractivity contribution in [3.63, 3.8) is 0 Å². The number of rotatable bonds is 9. The van der Waals surface area contributed by atoms with Gasteiger partial charge in [-0.15, -0.1) is 0 Å². The third-order valence-corrected chi connectivity index (χ3v) is 7.85. The van der Waals surface area contributed by atoms with Crippen LogP contribution in [-0.2, 0) is 4.74 Å². The molecule has 0 saturated carbocycles. The van der Waals surface area contributed by atoms with Gasteiger partial charge in [0.2, 0.25) is 0 Å². The van der Waals surface area contributed by atoms with Crippen LogP contribution in [0, 0.1) is 0 Å². The SMILES string of the molecule is CNc1cc(C2CCN([C@H]3CCOC3)CC2)c2cc(OC)c(OCCCN3CCCC3)cc2n1. The molecule has 34 heavy (non-hydrogen) atoms. The molecule has 1 N–H and O–H groups in total. The van der Waals surface area contributed by atoms with E-state index < -0.39 is 0 Å². The van der Waals surface area contributed by atoms with E-state index in [1.165, 1.54) is 43.3 Å². The van der Waals surface area contributed by atoms with Crippen molar-refractivity contribution in [1.29, 1.82) is 0 Å². The highest BCUT2D eigenvalue weighted by atomic mass is 16.5. The van der Waals surface area contributed by atoms with Crippen molar-refractivity contribution >= 4 is 16.7 Å². The maximum absolute atomic E-state index is 6.20. The molecule has 0 bridgehead atoms. The largest absolute Gasteiger partial charge is 0.493 e. The molecule has 0 aliphatic carbocycles. The van der Waals surface area contributed by atoms with Crippen LogP contribution in [-0.4, -0.2) is 87.5 Å². The highest BCUT2D eigenvalue weighted by molar-refractivity contribution is 5.88. The number of aromatic nitrogens is 1. The summed E-state index contributed by atoms with van der Waals surface area (Å²) >= 11 is 0. The summed E-state index contributed by atoms with van der Waals surface area (Å²) in [7, 11) is 3.68. The van der Waals surface area contributed by atoms with E-state index in [2.05, 4.69) is 33.3 Å². The van der Waals surface area contributed by atoms with Gasteiger partial charge in [-0.3, -0.25) is 4.90 Å². The summed E-state index contributed by atoms with van der Waals surface area (Å²) in [6.07, 6.45) is 7.18. The average molecular weight is 469 g/mol. The van der Waals surface area contributed by atoms with Crippen LogP contribution in [0.1, 0.15) is 50.0 Å². The summed E-state index contributed by atoms with van der Waals surface area (Å²) in [6, 6.07) is 7.05. The quantitative estimate of drug-likeness (QED) is 0.556. The van der Waals surface area contributed by atoms with Crippen LogP contribution in [0.5, 0.6) is 11.5 Å². The second kappa shape index (κ2) is 11.1. The number of nitrogens with zero attached hydrogens (tertiary/aromatic N) is 3. The van der Waals surface area contributed by atoms with Crippen LogP contribution in [0.4, 0.5) is 5.82 Å². The summed E-state index contributed by atoms with van der Waals surface area (Å²) in [6.45, 7) is 8.32. The Kier molecular flexibility index (Phi) is 7.72. The van der Waals surface area contributed by atoms with Gasteiger partial charge in [0.15, 0.2) is 11.5 Å². The van der Waals surface area contributed by atoms with Gasteiger partial charge in [0, 0.05) is 37.7 Å². The molecule has 186 valence electrons. The molecule has 2 aromatic rings. The lowest BCUT2D eigenvalue weighted by molar-refractivity contribution is 0.122. The Balaban J connectivity index is 1.32. The summed E-state index contributed by atoms with van der Waals surface area (Å²) < 4.78 is 17.6. The van der Waals surface area contributed by atoms with Gasteiger partial charge in [0.1, 0.15) is 5.82 Å². The molecule has 3 fully saturated rings. The first kappa shape index (κ1) is 23.6. The fraction of sp³-hybridized carbons (Fsp3) is 0.667. The lowest BCUT2D eigenvalue weighted by Gasteiger charge is -2.36. The molecular formula is C27H40N4O3. The fourth-order valence-electron chi connectivity index (χ4n) is 5.86. The van der Waals surface area contributed by atoms with E-state index >= 15 is 0 Å². The molecule has 7 heteroatoms. The van der Waals surface area contributed by atoms with Crippen molar-refractivity contribution in [2.45, 2.75) is 50.5 Å². The molecule has 5 rings (SSSR count). The van der Waals surface area contributed by atoms with E-state index in [1.54, 1.807) is 7.11 Å². The van der Waals surface area contributed by atoms with E-state index in [0.29, 0.717) is 18.6 Å². The Bertz CT molecular complexity index is 949. The minimum atomic E-state index is 0.521. The average Bonchev–Trinajstić information content (AvgIpc) is 3.60. The maximum atomic E-state index is 6.20. The summed E-state index contributed by atoms with van der Waals surface area (Å²) in [5, 5.41) is 4.45. The highest BCUT2D eigenvalue weighted by Gasteiger charge is 2.29. The molecular weight excluding hydrogens is 428 g/mol. The Labute approximate surface area is 203 Å². The number of pyridine rings is 1. The molecule has 4 heterocycles. The molecule has 0 amide bonds. The number of benzene rings is 1. The third-order valence-electron chi connectivity index (χ3n) is 7.85. The number of hydrogen-bond donors (Lipinski definition) is 1. The van der Waals surface area contributed by atoms with Crippen LogP contribution < -0.4 is 14.8 Å². The smallest absolute Gasteiger partial charge is 0.163 e. The van der Waals surface area contributed by atoms with E-state index in [9.17, 15) is 0 Å². The van der Waals surface area contributed by atoms with Gasteiger partial charge < -0.3 is 24.4 Å². The van der Waals surface area contributed by atoms with Crippen molar-refractivity contribution in [3.05, 3.63) is 23.8 Å². The molecule has 3 saturated heterocycles. The Morgan fingerprint density at radius 2 is 1.88 bits per heavy atom. The Morgan fingerprint density at radius 1 is 1.06 bits per heavy atom. The van der Waals surface area contributed by atoms with Crippen LogP contribution >= 0.6 is 0 Å². The third kappa shape index (κ3) is 5.26. The van der Waals surface area contributed by atoms with Gasteiger partial charge in [0.25, 0.3) is 0 Å². The van der Waals surface area contributed by atoms with Gasteiger partial charge in [0.05, 0.1) is 25.8 Å². The number of likely N-dealkylation sites (tertiary alicyclic amines) is 2. The zero-order chi connectivity index (χ0) is 23.3. The van der Waals surface area contributed by atoms with Crippen molar-refractivity contribution < 1.29 is 14.2 Å². The van der Waals surface area contributed by atoms with Crippen molar-refractivity contribution in [2.75, 3.05) is 72.0 Å². The molecule has 1 aromatic heterocycles. The predicted molar refractivity (Wildman–Crippen MR) is 136 cm³/mol. The molecule has 0 unspecified atom stereocenters. The first-order valence-electron chi connectivity index (χ1n) is 13.1. The lowest BCUT2D eigenvalue weighted by atomic mass is 9.86. The van der Waals surface area contributed by atoms with Gasteiger partial charge in [-0.1, -0.05) is 0 Å². The minimum absolute atomic E-state index is 0.521.